The summed E-state index contributed by atoms with van der Waals surface area (Å²) in [5, 5.41) is 12.0. The molecule has 1 aromatic carbocycles. The second-order valence-electron chi connectivity index (χ2n) is 6.49. The molecule has 0 saturated carbocycles. The zero-order valence-electron chi connectivity index (χ0n) is 14.5. The SMILES string of the molecule is COc1ccc(CC(C)NC2CCCN(c3cccnn3)C2)cc1. The van der Waals surface area contributed by atoms with Gasteiger partial charge in [0.05, 0.1) is 7.11 Å². The van der Waals surface area contributed by atoms with E-state index in [1.54, 1.807) is 13.3 Å². The zero-order chi connectivity index (χ0) is 16.8. The second-order valence-corrected chi connectivity index (χ2v) is 6.49. The molecule has 0 spiro atoms. The van der Waals surface area contributed by atoms with Crippen molar-refractivity contribution in [1.82, 2.24) is 15.5 Å². The first-order chi connectivity index (χ1) is 11.7. The Hall–Kier alpha value is -2.14. The molecule has 2 unspecified atom stereocenters. The van der Waals surface area contributed by atoms with Crippen LogP contribution in [0.4, 0.5) is 5.82 Å². The number of aromatic nitrogens is 2. The molecule has 3 rings (SSSR count). The lowest BCUT2D eigenvalue weighted by Gasteiger charge is -2.35. The van der Waals surface area contributed by atoms with Gasteiger partial charge in [-0.2, -0.15) is 5.10 Å². The Bertz CT molecular complexity index is 617. The predicted molar refractivity (Wildman–Crippen MR) is 96.6 cm³/mol. The molecule has 0 bridgehead atoms. The molecule has 2 atom stereocenters. The van der Waals surface area contributed by atoms with Gasteiger partial charge < -0.3 is 15.0 Å². The molecule has 1 aliphatic rings. The topological polar surface area (TPSA) is 50.3 Å². The van der Waals surface area contributed by atoms with E-state index in [4.69, 9.17) is 4.74 Å². The average Bonchev–Trinajstić information content (AvgIpc) is 2.63. The number of ether oxygens (including phenoxy) is 1. The van der Waals surface area contributed by atoms with E-state index < -0.39 is 0 Å². The van der Waals surface area contributed by atoms with Gasteiger partial charge in [-0.3, -0.25) is 0 Å². The van der Waals surface area contributed by atoms with Crippen LogP contribution in [0.25, 0.3) is 0 Å². The molecule has 1 aliphatic heterocycles. The van der Waals surface area contributed by atoms with Gasteiger partial charge in [-0.15, -0.1) is 5.10 Å². The van der Waals surface area contributed by atoms with Crippen LogP contribution < -0.4 is 15.0 Å². The molecule has 1 aromatic heterocycles. The highest BCUT2D eigenvalue weighted by molar-refractivity contribution is 5.37. The lowest BCUT2D eigenvalue weighted by Crippen LogP contribution is -2.49. The van der Waals surface area contributed by atoms with E-state index in [1.807, 2.05) is 24.3 Å². The number of nitrogens with zero attached hydrogens (tertiary/aromatic N) is 3. The van der Waals surface area contributed by atoms with Crippen molar-refractivity contribution < 1.29 is 4.74 Å². The van der Waals surface area contributed by atoms with Gasteiger partial charge in [0.1, 0.15) is 5.75 Å². The van der Waals surface area contributed by atoms with E-state index in [-0.39, 0.29) is 0 Å². The molecular formula is C19H26N4O. The fourth-order valence-electron chi connectivity index (χ4n) is 3.36. The molecule has 1 saturated heterocycles. The number of benzene rings is 1. The van der Waals surface area contributed by atoms with Gasteiger partial charge in [0, 0.05) is 31.4 Å². The van der Waals surface area contributed by atoms with Crippen molar-refractivity contribution in [2.75, 3.05) is 25.1 Å². The van der Waals surface area contributed by atoms with Crippen LogP contribution in [0.1, 0.15) is 25.3 Å². The fourth-order valence-corrected chi connectivity index (χ4v) is 3.36. The van der Waals surface area contributed by atoms with Gasteiger partial charge >= 0.3 is 0 Å². The molecular weight excluding hydrogens is 300 g/mol. The standard InChI is InChI=1S/C19H26N4O/c1-15(13-16-7-9-18(24-2)10-8-16)21-17-5-4-12-23(14-17)19-6-3-11-20-22-19/h3,6-11,15,17,21H,4-5,12-14H2,1-2H3. The number of anilines is 1. The first kappa shape index (κ1) is 16.7. The zero-order valence-corrected chi connectivity index (χ0v) is 14.5. The summed E-state index contributed by atoms with van der Waals surface area (Å²) in [6, 6.07) is 13.3. The Morgan fingerprint density at radius 2 is 2.12 bits per heavy atom. The summed E-state index contributed by atoms with van der Waals surface area (Å²) in [6.07, 6.45) is 5.14. The van der Waals surface area contributed by atoms with Crippen molar-refractivity contribution in [3.8, 4) is 5.75 Å². The lowest BCUT2D eigenvalue weighted by atomic mass is 10.0. The molecule has 1 N–H and O–H groups in total. The van der Waals surface area contributed by atoms with Crippen molar-refractivity contribution in [2.24, 2.45) is 0 Å². The van der Waals surface area contributed by atoms with Gasteiger partial charge in [0.25, 0.3) is 0 Å². The Labute approximate surface area is 144 Å². The molecule has 2 heterocycles. The van der Waals surface area contributed by atoms with Crippen LogP contribution in [0.15, 0.2) is 42.6 Å². The lowest BCUT2D eigenvalue weighted by molar-refractivity contribution is 0.380. The van der Waals surface area contributed by atoms with Crippen LogP contribution in [0.3, 0.4) is 0 Å². The van der Waals surface area contributed by atoms with E-state index >= 15 is 0 Å². The quantitative estimate of drug-likeness (QED) is 0.884. The molecule has 24 heavy (non-hydrogen) atoms. The normalized spacial score (nSPS) is 19.1. The maximum atomic E-state index is 5.22. The third-order valence-electron chi connectivity index (χ3n) is 4.52. The predicted octanol–water partition coefficient (Wildman–Crippen LogP) is 2.67. The molecule has 128 valence electrons. The van der Waals surface area contributed by atoms with Crippen LogP contribution in [-0.2, 0) is 6.42 Å². The largest absolute Gasteiger partial charge is 0.497 e. The summed E-state index contributed by atoms with van der Waals surface area (Å²) in [6.45, 7) is 4.31. The third-order valence-corrected chi connectivity index (χ3v) is 4.52. The number of rotatable bonds is 6. The number of piperidine rings is 1. The first-order valence-corrected chi connectivity index (χ1v) is 8.66. The van der Waals surface area contributed by atoms with Crippen molar-refractivity contribution in [3.05, 3.63) is 48.2 Å². The highest BCUT2D eigenvalue weighted by atomic mass is 16.5. The van der Waals surface area contributed by atoms with Gasteiger partial charge in [0.15, 0.2) is 5.82 Å². The Morgan fingerprint density at radius 3 is 2.83 bits per heavy atom. The van der Waals surface area contributed by atoms with Crippen molar-refractivity contribution in [2.45, 2.75) is 38.3 Å². The van der Waals surface area contributed by atoms with Crippen LogP contribution in [0.2, 0.25) is 0 Å². The van der Waals surface area contributed by atoms with Crippen molar-refractivity contribution >= 4 is 5.82 Å². The van der Waals surface area contributed by atoms with Crippen LogP contribution in [0, 0.1) is 0 Å². The molecule has 0 amide bonds. The van der Waals surface area contributed by atoms with Crippen LogP contribution in [0.5, 0.6) is 5.75 Å². The summed E-state index contributed by atoms with van der Waals surface area (Å²) in [5.74, 6) is 1.89. The maximum Gasteiger partial charge on any atom is 0.151 e. The summed E-state index contributed by atoms with van der Waals surface area (Å²) < 4.78 is 5.22. The summed E-state index contributed by atoms with van der Waals surface area (Å²) in [5.41, 5.74) is 1.33. The number of hydrogen-bond acceptors (Lipinski definition) is 5. The third kappa shape index (κ3) is 4.45. The molecule has 2 aromatic rings. The number of methoxy groups -OCH3 is 1. The van der Waals surface area contributed by atoms with E-state index in [0.717, 1.165) is 31.1 Å². The monoisotopic (exact) mass is 326 g/mol. The van der Waals surface area contributed by atoms with Crippen LogP contribution in [-0.4, -0.2) is 42.5 Å². The summed E-state index contributed by atoms with van der Waals surface area (Å²) >= 11 is 0. The highest BCUT2D eigenvalue weighted by Gasteiger charge is 2.22. The van der Waals surface area contributed by atoms with E-state index in [1.165, 1.54) is 18.4 Å². The molecule has 5 heteroatoms. The minimum Gasteiger partial charge on any atom is -0.497 e. The van der Waals surface area contributed by atoms with E-state index in [2.05, 4.69) is 39.5 Å². The van der Waals surface area contributed by atoms with Crippen molar-refractivity contribution in [1.29, 1.82) is 0 Å². The smallest absolute Gasteiger partial charge is 0.151 e. The summed E-state index contributed by atoms with van der Waals surface area (Å²) in [4.78, 5) is 2.33. The fraction of sp³-hybridized carbons (Fsp3) is 0.474. The van der Waals surface area contributed by atoms with Gasteiger partial charge in [-0.1, -0.05) is 12.1 Å². The van der Waals surface area contributed by atoms with Gasteiger partial charge in [0.2, 0.25) is 0 Å². The van der Waals surface area contributed by atoms with E-state index in [9.17, 15) is 0 Å². The number of nitrogens with one attached hydrogen (secondary N) is 1. The highest BCUT2D eigenvalue weighted by Crippen LogP contribution is 2.18. The molecule has 0 radical (unpaired) electrons. The minimum atomic E-state index is 0.435. The van der Waals surface area contributed by atoms with E-state index in [0.29, 0.717) is 12.1 Å². The van der Waals surface area contributed by atoms with Gasteiger partial charge in [-0.05, 0) is 56.0 Å². The Balaban J connectivity index is 1.52. The summed E-state index contributed by atoms with van der Waals surface area (Å²) in [7, 11) is 1.70. The average molecular weight is 326 g/mol. The Morgan fingerprint density at radius 1 is 1.29 bits per heavy atom. The second kappa shape index (κ2) is 8.11. The first-order valence-electron chi connectivity index (χ1n) is 8.66. The van der Waals surface area contributed by atoms with Gasteiger partial charge in [-0.25, -0.2) is 0 Å². The number of hydrogen-bond donors (Lipinski definition) is 1. The molecule has 1 fully saturated rings. The maximum absolute atomic E-state index is 5.22. The van der Waals surface area contributed by atoms with Crippen molar-refractivity contribution in [3.63, 3.8) is 0 Å². The molecule has 5 nitrogen and oxygen atoms in total. The van der Waals surface area contributed by atoms with Crippen LogP contribution >= 0.6 is 0 Å². The minimum absolute atomic E-state index is 0.435. The Kier molecular flexibility index (Phi) is 5.64. The molecule has 0 aliphatic carbocycles.